The third kappa shape index (κ3) is 4.69. The molecule has 1 amide bonds. The Kier molecular flexibility index (Phi) is 6.30. The van der Waals surface area contributed by atoms with Crippen LogP contribution in [0.25, 0.3) is 0 Å². The number of nitrogen functional groups attached to an aromatic ring is 1. The van der Waals surface area contributed by atoms with Crippen LogP contribution in [0.5, 0.6) is 0 Å². The van der Waals surface area contributed by atoms with Crippen molar-refractivity contribution in [2.45, 2.75) is 6.04 Å². The number of carbonyl (C=O) groups is 2. The van der Waals surface area contributed by atoms with Crippen molar-refractivity contribution in [2.24, 2.45) is 7.05 Å². The van der Waals surface area contributed by atoms with Gasteiger partial charge in [0, 0.05) is 28.7 Å². The minimum atomic E-state index is -0.639. The Morgan fingerprint density at radius 3 is 2.68 bits per heavy atom. The van der Waals surface area contributed by atoms with E-state index in [0.717, 1.165) is 9.13 Å². The lowest BCUT2D eigenvalue weighted by atomic mass is 10.1. The zero-order valence-electron chi connectivity index (χ0n) is 15.1. The van der Waals surface area contributed by atoms with Gasteiger partial charge in [-0.15, -0.1) is 0 Å². The SMILES string of the molecule is Cn1ccnc1[C@H](NC(=O)COC(=O)c1cc(I)ccc1N)c1ccccc1. The molecule has 3 aromatic rings. The molecule has 0 fully saturated rings. The van der Waals surface area contributed by atoms with Crippen molar-refractivity contribution in [2.75, 3.05) is 12.3 Å². The molecule has 8 heteroatoms. The molecular formula is C20H19IN4O3. The van der Waals surface area contributed by atoms with Gasteiger partial charge in [0.05, 0.1) is 5.56 Å². The largest absolute Gasteiger partial charge is 0.452 e. The summed E-state index contributed by atoms with van der Waals surface area (Å²) in [5, 5.41) is 2.88. The second-order valence-electron chi connectivity index (χ2n) is 6.12. The second-order valence-corrected chi connectivity index (χ2v) is 7.36. The fourth-order valence-electron chi connectivity index (χ4n) is 2.71. The first-order valence-electron chi connectivity index (χ1n) is 8.49. The lowest BCUT2D eigenvalue weighted by molar-refractivity contribution is -0.124. The minimum absolute atomic E-state index is 0.239. The molecule has 0 saturated carbocycles. The van der Waals surface area contributed by atoms with E-state index in [0.29, 0.717) is 11.5 Å². The molecule has 1 heterocycles. The third-order valence-corrected chi connectivity index (χ3v) is 4.80. The summed E-state index contributed by atoms with van der Waals surface area (Å²) in [6.07, 6.45) is 3.47. The highest BCUT2D eigenvalue weighted by Gasteiger charge is 2.21. The summed E-state index contributed by atoms with van der Waals surface area (Å²) < 4.78 is 7.83. The summed E-state index contributed by atoms with van der Waals surface area (Å²) in [5.74, 6) is -0.401. The maximum Gasteiger partial charge on any atom is 0.340 e. The summed E-state index contributed by atoms with van der Waals surface area (Å²) in [6.45, 7) is -0.419. The van der Waals surface area contributed by atoms with Gasteiger partial charge in [-0.1, -0.05) is 30.3 Å². The highest BCUT2D eigenvalue weighted by molar-refractivity contribution is 14.1. The molecular weight excluding hydrogens is 471 g/mol. The number of aromatic nitrogens is 2. The number of benzene rings is 2. The zero-order chi connectivity index (χ0) is 20.1. The first-order valence-corrected chi connectivity index (χ1v) is 9.57. The molecule has 0 unspecified atom stereocenters. The van der Waals surface area contributed by atoms with Crippen LogP contribution in [0, 0.1) is 3.57 Å². The number of anilines is 1. The number of rotatable bonds is 6. The molecule has 2 aromatic carbocycles. The van der Waals surface area contributed by atoms with Gasteiger partial charge < -0.3 is 20.4 Å². The Hall–Kier alpha value is -2.88. The van der Waals surface area contributed by atoms with E-state index >= 15 is 0 Å². The van der Waals surface area contributed by atoms with E-state index in [-0.39, 0.29) is 5.56 Å². The monoisotopic (exact) mass is 490 g/mol. The number of aryl methyl sites for hydroxylation is 1. The van der Waals surface area contributed by atoms with Gasteiger partial charge in [0.1, 0.15) is 11.9 Å². The zero-order valence-corrected chi connectivity index (χ0v) is 17.3. The standard InChI is InChI=1S/C20H19IN4O3/c1-25-10-9-23-19(25)18(13-5-3-2-4-6-13)24-17(26)12-28-20(27)15-11-14(21)7-8-16(15)22/h2-11,18H,12,22H2,1H3,(H,24,26)/t18-/m1/s1. The lowest BCUT2D eigenvalue weighted by Gasteiger charge is -2.19. The van der Waals surface area contributed by atoms with E-state index in [1.807, 2.05) is 41.9 Å². The van der Waals surface area contributed by atoms with E-state index in [2.05, 4.69) is 32.9 Å². The fraction of sp³-hybridized carbons (Fsp3) is 0.150. The molecule has 3 rings (SSSR count). The van der Waals surface area contributed by atoms with Gasteiger partial charge >= 0.3 is 5.97 Å². The highest BCUT2D eigenvalue weighted by Crippen LogP contribution is 2.20. The topological polar surface area (TPSA) is 99.2 Å². The van der Waals surface area contributed by atoms with Gasteiger partial charge in [0.2, 0.25) is 0 Å². The molecule has 1 atom stereocenters. The highest BCUT2D eigenvalue weighted by atomic mass is 127. The van der Waals surface area contributed by atoms with Crippen molar-refractivity contribution < 1.29 is 14.3 Å². The van der Waals surface area contributed by atoms with Crippen LogP contribution in [-0.2, 0) is 16.6 Å². The molecule has 144 valence electrons. The number of esters is 1. The van der Waals surface area contributed by atoms with Crippen LogP contribution in [0.2, 0.25) is 0 Å². The van der Waals surface area contributed by atoms with Crippen molar-refractivity contribution in [3.63, 3.8) is 0 Å². The van der Waals surface area contributed by atoms with Gasteiger partial charge in [0.25, 0.3) is 5.91 Å². The van der Waals surface area contributed by atoms with Gasteiger partial charge in [-0.2, -0.15) is 0 Å². The fourth-order valence-corrected chi connectivity index (χ4v) is 3.21. The Balaban J connectivity index is 1.70. The van der Waals surface area contributed by atoms with Crippen LogP contribution >= 0.6 is 22.6 Å². The number of imidazole rings is 1. The number of halogens is 1. The van der Waals surface area contributed by atoms with E-state index < -0.39 is 24.5 Å². The van der Waals surface area contributed by atoms with E-state index in [1.165, 1.54) is 0 Å². The van der Waals surface area contributed by atoms with Crippen molar-refractivity contribution in [3.8, 4) is 0 Å². The van der Waals surface area contributed by atoms with Crippen molar-refractivity contribution in [3.05, 3.63) is 81.4 Å². The average Bonchev–Trinajstić information content (AvgIpc) is 3.12. The Labute approximate surface area is 176 Å². The van der Waals surface area contributed by atoms with Crippen LogP contribution in [0.4, 0.5) is 5.69 Å². The van der Waals surface area contributed by atoms with Gasteiger partial charge in [-0.3, -0.25) is 4.79 Å². The molecule has 28 heavy (non-hydrogen) atoms. The number of ether oxygens (including phenoxy) is 1. The summed E-state index contributed by atoms with van der Waals surface area (Å²) in [5.41, 5.74) is 7.24. The number of hydrogen-bond donors (Lipinski definition) is 2. The van der Waals surface area contributed by atoms with Crippen molar-refractivity contribution in [1.29, 1.82) is 0 Å². The summed E-state index contributed by atoms with van der Waals surface area (Å²) in [7, 11) is 1.85. The molecule has 0 radical (unpaired) electrons. The third-order valence-electron chi connectivity index (χ3n) is 4.12. The molecule has 0 aliphatic carbocycles. The second kappa shape index (κ2) is 8.87. The van der Waals surface area contributed by atoms with E-state index in [9.17, 15) is 9.59 Å². The molecule has 0 saturated heterocycles. The van der Waals surface area contributed by atoms with Gasteiger partial charge in [0.15, 0.2) is 6.61 Å². The summed E-state index contributed by atoms with van der Waals surface area (Å²) in [4.78, 5) is 29.1. The summed E-state index contributed by atoms with van der Waals surface area (Å²) >= 11 is 2.08. The number of nitrogens with one attached hydrogen (secondary N) is 1. The van der Waals surface area contributed by atoms with Crippen LogP contribution in [-0.4, -0.2) is 28.0 Å². The maximum absolute atomic E-state index is 12.5. The van der Waals surface area contributed by atoms with Crippen LogP contribution in [0.1, 0.15) is 27.8 Å². The summed E-state index contributed by atoms with van der Waals surface area (Å²) in [6, 6.07) is 14.0. The van der Waals surface area contributed by atoms with Crippen molar-refractivity contribution in [1.82, 2.24) is 14.9 Å². The quantitative estimate of drug-likeness (QED) is 0.315. The normalized spacial score (nSPS) is 11.6. The molecule has 0 bridgehead atoms. The smallest absolute Gasteiger partial charge is 0.340 e. The number of nitrogens with zero attached hydrogens (tertiary/aromatic N) is 2. The minimum Gasteiger partial charge on any atom is -0.452 e. The Morgan fingerprint density at radius 1 is 1.25 bits per heavy atom. The molecule has 3 N–H and O–H groups in total. The van der Waals surface area contributed by atoms with Crippen LogP contribution < -0.4 is 11.1 Å². The molecule has 7 nitrogen and oxygen atoms in total. The molecule has 0 aliphatic heterocycles. The number of nitrogens with two attached hydrogens (primary N) is 1. The van der Waals surface area contributed by atoms with Crippen molar-refractivity contribution >= 4 is 40.2 Å². The van der Waals surface area contributed by atoms with Gasteiger partial charge in [-0.25, -0.2) is 9.78 Å². The van der Waals surface area contributed by atoms with E-state index in [4.69, 9.17) is 10.5 Å². The first kappa shape index (κ1) is 19.9. The van der Waals surface area contributed by atoms with Crippen LogP contribution in [0.3, 0.4) is 0 Å². The lowest BCUT2D eigenvalue weighted by Crippen LogP contribution is -2.34. The molecule has 0 spiro atoms. The number of carbonyl (C=O) groups excluding carboxylic acids is 2. The first-order chi connectivity index (χ1) is 13.5. The Morgan fingerprint density at radius 2 is 2.00 bits per heavy atom. The molecule has 1 aromatic heterocycles. The number of hydrogen-bond acceptors (Lipinski definition) is 5. The Bertz CT molecular complexity index is 988. The predicted molar refractivity (Wildman–Crippen MR) is 113 cm³/mol. The predicted octanol–water partition coefficient (Wildman–Crippen LogP) is 2.67. The van der Waals surface area contributed by atoms with E-state index in [1.54, 1.807) is 30.6 Å². The molecule has 0 aliphatic rings. The maximum atomic E-state index is 12.5. The average molecular weight is 490 g/mol. The van der Waals surface area contributed by atoms with Crippen LogP contribution in [0.15, 0.2) is 60.9 Å². The number of amides is 1. The van der Waals surface area contributed by atoms with Gasteiger partial charge in [-0.05, 0) is 46.4 Å².